The van der Waals surface area contributed by atoms with Crippen LogP contribution in [0.3, 0.4) is 0 Å². The largest absolute Gasteiger partial charge is 0.493 e. The monoisotopic (exact) mass is 449 g/mol. The van der Waals surface area contributed by atoms with Crippen molar-refractivity contribution in [1.82, 2.24) is 10.6 Å². The van der Waals surface area contributed by atoms with Crippen LogP contribution in [0.2, 0.25) is 0 Å². The molecule has 1 heterocycles. The Morgan fingerprint density at radius 3 is 2.67 bits per heavy atom. The summed E-state index contributed by atoms with van der Waals surface area (Å²) in [7, 11) is 5.05. The molecule has 136 valence electrons. The molecule has 1 saturated heterocycles. The summed E-state index contributed by atoms with van der Waals surface area (Å²) in [5, 5.41) is 6.62. The van der Waals surface area contributed by atoms with Gasteiger partial charge in [0.25, 0.3) is 0 Å². The van der Waals surface area contributed by atoms with Gasteiger partial charge in [0, 0.05) is 26.7 Å². The van der Waals surface area contributed by atoms with Crippen LogP contribution >= 0.6 is 24.0 Å². The Hall–Kier alpha value is -1.22. The molecule has 0 bridgehead atoms. The van der Waals surface area contributed by atoms with Crippen LogP contribution < -0.4 is 20.1 Å². The van der Waals surface area contributed by atoms with E-state index in [-0.39, 0.29) is 24.0 Å². The molecule has 1 aliphatic rings. The zero-order chi connectivity index (χ0) is 16.5. The van der Waals surface area contributed by atoms with Crippen molar-refractivity contribution >= 4 is 29.9 Å². The Kier molecular flexibility index (Phi) is 9.85. The second-order valence-corrected chi connectivity index (χ2v) is 5.47. The molecule has 2 N–H and O–H groups in total. The fourth-order valence-corrected chi connectivity index (χ4v) is 2.62. The van der Waals surface area contributed by atoms with Gasteiger partial charge in [-0.2, -0.15) is 0 Å². The maximum absolute atomic E-state index is 5.62. The van der Waals surface area contributed by atoms with E-state index in [0.717, 1.165) is 42.6 Å². The number of guanidine groups is 1. The number of benzene rings is 1. The van der Waals surface area contributed by atoms with E-state index in [1.165, 1.54) is 12.8 Å². The lowest BCUT2D eigenvalue weighted by atomic mass is 10.2. The Labute approximate surface area is 161 Å². The molecule has 0 spiro atoms. The predicted octanol–water partition coefficient (Wildman–Crippen LogP) is 2.56. The second kappa shape index (κ2) is 11.4. The fraction of sp³-hybridized carbons (Fsp3) is 0.588. The number of ether oxygens (including phenoxy) is 3. The first-order valence-electron chi connectivity index (χ1n) is 8.04. The lowest BCUT2D eigenvalue weighted by Gasteiger charge is -2.15. The van der Waals surface area contributed by atoms with E-state index in [2.05, 4.69) is 15.6 Å². The van der Waals surface area contributed by atoms with E-state index in [9.17, 15) is 0 Å². The van der Waals surface area contributed by atoms with Crippen LogP contribution in [0, 0.1) is 0 Å². The predicted molar refractivity (Wildman–Crippen MR) is 107 cm³/mol. The number of halogens is 1. The van der Waals surface area contributed by atoms with Crippen LogP contribution in [-0.2, 0) is 11.3 Å². The van der Waals surface area contributed by atoms with Gasteiger partial charge in [0.1, 0.15) is 0 Å². The highest BCUT2D eigenvalue weighted by atomic mass is 127. The summed E-state index contributed by atoms with van der Waals surface area (Å²) in [4.78, 5) is 4.24. The topological polar surface area (TPSA) is 64.1 Å². The molecular formula is C17H28IN3O3. The van der Waals surface area contributed by atoms with Gasteiger partial charge < -0.3 is 24.8 Å². The SMILES string of the molecule is CN=C(NCCC1CCCO1)NCc1ccc(OC)c(OC)c1.I. The van der Waals surface area contributed by atoms with Crippen molar-refractivity contribution in [3.8, 4) is 11.5 Å². The summed E-state index contributed by atoms with van der Waals surface area (Å²) in [5.74, 6) is 2.25. The van der Waals surface area contributed by atoms with E-state index < -0.39 is 0 Å². The number of aliphatic imine (C=N–C) groups is 1. The van der Waals surface area contributed by atoms with Gasteiger partial charge in [-0.05, 0) is 37.0 Å². The third-order valence-electron chi connectivity index (χ3n) is 3.91. The molecule has 7 heteroatoms. The molecule has 0 aliphatic carbocycles. The van der Waals surface area contributed by atoms with Crippen molar-refractivity contribution < 1.29 is 14.2 Å². The number of nitrogens with zero attached hydrogens (tertiary/aromatic N) is 1. The van der Waals surface area contributed by atoms with Gasteiger partial charge in [0.15, 0.2) is 17.5 Å². The van der Waals surface area contributed by atoms with Crippen LogP contribution in [0.1, 0.15) is 24.8 Å². The molecule has 1 aliphatic heterocycles. The van der Waals surface area contributed by atoms with Crippen molar-refractivity contribution in [2.45, 2.75) is 31.9 Å². The number of hydrogen-bond donors (Lipinski definition) is 2. The van der Waals surface area contributed by atoms with Gasteiger partial charge in [-0.25, -0.2) is 0 Å². The highest BCUT2D eigenvalue weighted by Crippen LogP contribution is 2.27. The molecule has 0 amide bonds. The quantitative estimate of drug-likeness (QED) is 0.381. The second-order valence-electron chi connectivity index (χ2n) is 5.47. The zero-order valence-electron chi connectivity index (χ0n) is 14.6. The molecule has 2 rings (SSSR count). The Balaban J connectivity index is 0.00000288. The van der Waals surface area contributed by atoms with Crippen LogP contribution in [0.5, 0.6) is 11.5 Å². The van der Waals surface area contributed by atoms with E-state index >= 15 is 0 Å². The summed E-state index contributed by atoms with van der Waals surface area (Å²) in [6, 6.07) is 5.88. The summed E-state index contributed by atoms with van der Waals surface area (Å²) in [6.45, 7) is 2.42. The van der Waals surface area contributed by atoms with E-state index in [0.29, 0.717) is 12.6 Å². The molecule has 1 fully saturated rings. The summed E-state index contributed by atoms with van der Waals surface area (Å²) in [6.07, 6.45) is 3.75. The molecule has 6 nitrogen and oxygen atoms in total. The molecule has 1 aromatic rings. The molecule has 1 aromatic carbocycles. The molecule has 0 radical (unpaired) electrons. The number of hydrogen-bond acceptors (Lipinski definition) is 4. The lowest BCUT2D eigenvalue weighted by Crippen LogP contribution is -2.38. The standard InChI is InChI=1S/C17H27N3O3.HI/c1-18-17(19-9-8-14-5-4-10-23-14)20-12-13-6-7-15(21-2)16(11-13)22-3;/h6-7,11,14H,4-5,8-10,12H2,1-3H3,(H2,18,19,20);1H. The van der Waals surface area contributed by atoms with E-state index in [4.69, 9.17) is 14.2 Å². The van der Waals surface area contributed by atoms with Crippen molar-refractivity contribution in [3.05, 3.63) is 23.8 Å². The molecule has 0 aromatic heterocycles. The van der Waals surface area contributed by atoms with Gasteiger partial charge in [0.2, 0.25) is 0 Å². The number of methoxy groups -OCH3 is 2. The smallest absolute Gasteiger partial charge is 0.191 e. The number of rotatable bonds is 7. The molecule has 1 unspecified atom stereocenters. The fourth-order valence-electron chi connectivity index (χ4n) is 2.62. The highest BCUT2D eigenvalue weighted by molar-refractivity contribution is 14.0. The minimum absolute atomic E-state index is 0. The van der Waals surface area contributed by atoms with Crippen LogP contribution in [0.4, 0.5) is 0 Å². The van der Waals surface area contributed by atoms with Gasteiger partial charge in [-0.15, -0.1) is 24.0 Å². The van der Waals surface area contributed by atoms with Crippen molar-refractivity contribution in [2.24, 2.45) is 4.99 Å². The van der Waals surface area contributed by atoms with Crippen molar-refractivity contribution in [3.63, 3.8) is 0 Å². The lowest BCUT2D eigenvalue weighted by molar-refractivity contribution is 0.105. The van der Waals surface area contributed by atoms with Gasteiger partial charge in [0.05, 0.1) is 20.3 Å². The van der Waals surface area contributed by atoms with E-state index in [1.54, 1.807) is 21.3 Å². The molecule has 0 saturated carbocycles. The van der Waals surface area contributed by atoms with Gasteiger partial charge >= 0.3 is 0 Å². The first kappa shape index (κ1) is 20.8. The highest BCUT2D eigenvalue weighted by Gasteiger charge is 2.14. The summed E-state index contributed by atoms with van der Waals surface area (Å²) in [5.41, 5.74) is 1.10. The average Bonchev–Trinajstić information content (AvgIpc) is 3.11. The third kappa shape index (κ3) is 6.35. The molecular weight excluding hydrogens is 421 g/mol. The Bertz CT molecular complexity index is 520. The summed E-state index contributed by atoms with van der Waals surface area (Å²) < 4.78 is 16.2. The van der Waals surface area contributed by atoms with Gasteiger partial charge in [-0.1, -0.05) is 6.07 Å². The molecule has 24 heavy (non-hydrogen) atoms. The normalized spacial score (nSPS) is 17.1. The van der Waals surface area contributed by atoms with Crippen LogP contribution in [0.15, 0.2) is 23.2 Å². The first-order chi connectivity index (χ1) is 11.3. The van der Waals surface area contributed by atoms with Crippen molar-refractivity contribution in [2.75, 3.05) is 34.4 Å². The first-order valence-corrected chi connectivity index (χ1v) is 8.04. The van der Waals surface area contributed by atoms with Crippen molar-refractivity contribution in [1.29, 1.82) is 0 Å². The zero-order valence-corrected chi connectivity index (χ0v) is 17.0. The molecule has 1 atom stereocenters. The maximum atomic E-state index is 5.62. The van der Waals surface area contributed by atoms with Crippen LogP contribution in [-0.4, -0.2) is 46.5 Å². The maximum Gasteiger partial charge on any atom is 0.191 e. The van der Waals surface area contributed by atoms with Crippen LogP contribution in [0.25, 0.3) is 0 Å². The van der Waals surface area contributed by atoms with Gasteiger partial charge in [-0.3, -0.25) is 4.99 Å². The number of nitrogens with one attached hydrogen (secondary N) is 2. The summed E-state index contributed by atoms with van der Waals surface area (Å²) >= 11 is 0. The van der Waals surface area contributed by atoms with E-state index in [1.807, 2.05) is 18.2 Å². The minimum Gasteiger partial charge on any atom is -0.493 e. The third-order valence-corrected chi connectivity index (χ3v) is 3.91. The minimum atomic E-state index is 0. The Morgan fingerprint density at radius 2 is 2.04 bits per heavy atom. The Morgan fingerprint density at radius 1 is 1.25 bits per heavy atom. The average molecular weight is 449 g/mol.